The molecular weight excluding hydrogens is 520 g/mol. The normalized spacial score (nSPS) is 29.5. The van der Waals surface area contributed by atoms with Crippen molar-refractivity contribution in [2.24, 2.45) is 11.8 Å². The van der Waals surface area contributed by atoms with Crippen molar-refractivity contribution in [3.63, 3.8) is 0 Å². The number of aliphatic hydroxyl groups is 1. The first kappa shape index (κ1) is 34.0. The van der Waals surface area contributed by atoms with E-state index in [0.717, 1.165) is 57.8 Å². The monoisotopic (exact) mass is 576 g/mol. The molecule has 2 heterocycles. The summed E-state index contributed by atoms with van der Waals surface area (Å²) in [6.07, 6.45) is 23.2. The maximum Gasteiger partial charge on any atom is 0.338 e. The topological polar surface area (TPSA) is 94.5 Å². The average molecular weight is 577 g/mol. The van der Waals surface area contributed by atoms with E-state index in [0.29, 0.717) is 32.0 Å². The van der Waals surface area contributed by atoms with Crippen LogP contribution in [0.4, 0.5) is 0 Å². The van der Waals surface area contributed by atoms with Crippen molar-refractivity contribution in [3.8, 4) is 0 Å². The third-order valence-electron chi connectivity index (χ3n) is 8.78. The van der Waals surface area contributed by atoms with Crippen molar-refractivity contribution in [2.45, 2.75) is 147 Å². The number of hydrogen-bond donors (Lipinski definition) is 2. The van der Waals surface area contributed by atoms with Crippen LogP contribution in [-0.2, 0) is 23.7 Å². The molecule has 2 aliphatic heterocycles. The van der Waals surface area contributed by atoms with Crippen LogP contribution in [0.25, 0.3) is 0 Å². The van der Waals surface area contributed by atoms with Crippen LogP contribution in [-0.4, -0.2) is 59.8 Å². The second-order valence-corrected chi connectivity index (χ2v) is 12.5. The van der Waals surface area contributed by atoms with Crippen LogP contribution in [0.5, 0.6) is 0 Å². The third-order valence-corrected chi connectivity index (χ3v) is 8.78. The Kier molecular flexibility index (Phi) is 15.1. The number of carboxylic acid groups (broad SMARTS) is 1. The highest BCUT2D eigenvalue weighted by molar-refractivity contribution is 5.78. The van der Waals surface area contributed by atoms with Crippen LogP contribution in [0.15, 0.2) is 36.0 Å². The number of rotatable bonds is 17. The molecule has 7 atom stereocenters. The fourth-order valence-corrected chi connectivity index (χ4v) is 6.12. The highest BCUT2D eigenvalue weighted by Gasteiger charge is 2.47. The summed E-state index contributed by atoms with van der Waals surface area (Å²) in [5, 5.41) is 21.0. The Morgan fingerprint density at radius 3 is 2.29 bits per heavy atom. The fraction of sp³-hybridized carbons (Fsp3) is 0.794. The number of unbranched alkanes of at least 4 members (excludes halogenated alkanes) is 4. The molecule has 2 saturated heterocycles. The molecule has 0 aromatic rings. The van der Waals surface area contributed by atoms with Gasteiger partial charge in [0.1, 0.15) is 6.10 Å². The summed E-state index contributed by atoms with van der Waals surface area (Å²) in [6.45, 7) is 7.09. The fourth-order valence-electron chi connectivity index (χ4n) is 6.12. The minimum atomic E-state index is -1.57. The van der Waals surface area contributed by atoms with Gasteiger partial charge in [-0.25, -0.2) is 4.79 Å². The average Bonchev–Trinajstić information content (AvgIpc) is 3.31. The van der Waals surface area contributed by atoms with Crippen LogP contribution in [0.3, 0.4) is 0 Å². The highest BCUT2D eigenvalue weighted by atomic mass is 16.7. The lowest BCUT2D eigenvalue weighted by Gasteiger charge is -2.39. The van der Waals surface area contributed by atoms with Gasteiger partial charge in [-0.05, 0) is 122 Å². The zero-order valence-corrected chi connectivity index (χ0v) is 25.8. The summed E-state index contributed by atoms with van der Waals surface area (Å²) < 4.78 is 23.9. The molecule has 0 spiro atoms. The van der Waals surface area contributed by atoms with Gasteiger partial charge < -0.3 is 29.2 Å². The third kappa shape index (κ3) is 11.6. The summed E-state index contributed by atoms with van der Waals surface area (Å²) in [6, 6.07) is 0. The standard InChI is InChI=1S/C34H56O7/c1-26(2)16-8-6-4-5-7-9-17-27-22-23-29(35)28(27)18-10-11-19-30(40-31-20-12-14-24-38-31)34(3,33(36)37)41-32-21-13-15-25-39-32/h9-11,16-17,27-32,35H,4-8,12-15,18-25H2,1-3H3,(H,36,37)/b11-10-,17-9+/t27-,28+,29-,30?,31?,32?,34?/m0/s1. The van der Waals surface area contributed by atoms with Crippen molar-refractivity contribution in [3.05, 3.63) is 36.0 Å². The molecule has 3 fully saturated rings. The number of hydrogen-bond acceptors (Lipinski definition) is 6. The first-order chi connectivity index (χ1) is 19.8. The van der Waals surface area contributed by atoms with Crippen molar-refractivity contribution in [1.82, 2.24) is 0 Å². The van der Waals surface area contributed by atoms with Gasteiger partial charge in [0.25, 0.3) is 0 Å². The molecule has 0 radical (unpaired) electrons. The number of carboxylic acids is 1. The number of aliphatic hydroxyl groups excluding tert-OH is 1. The molecule has 0 amide bonds. The van der Waals surface area contributed by atoms with E-state index in [1.807, 2.05) is 6.08 Å². The second-order valence-electron chi connectivity index (χ2n) is 12.5. The molecule has 234 valence electrons. The molecule has 0 aromatic carbocycles. The summed E-state index contributed by atoms with van der Waals surface area (Å²) in [7, 11) is 0. The van der Waals surface area contributed by atoms with Crippen LogP contribution in [0.1, 0.15) is 117 Å². The SMILES string of the molecule is CC(C)=CCCCCC/C=C/[C@H]1CC[C@H](O)[C@@H]1C/C=C\CC(OC1CCCCO1)C(C)(OC1CCCCO1)C(=O)O. The van der Waals surface area contributed by atoms with Gasteiger partial charge in [-0.3, -0.25) is 0 Å². The van der Waals surface area contributed by atoms with Crippen molar-refractivity contribution >= 4 is 5.97 Å². The van der Waals surface area contributed by atoms with Crippen LogP contribution >= 0.6 is 0 Å². The quantitative estimate of drug-likeness (QED) is 0.137. The lowest BCUT2D eigenvalue weighted by molar-refractivity contribution is -0.277. The Balaban J connectivity index is 1.55. The zero-order valence-electron chi connectivity index (χ0n) is 25.8. The first-order valence-corrected chi connectivity index (χ1v) is 16.2. The molecule has 0 bridgehead atoms. The van der Waals surface area contributed by atoms with E-state index >= 15 is 0 Å². The lowest BCUT2D eigenvalue weighted by atomic mass is 9.90. The molecule has 1 saturated carbocycles. The van der Waals surface area contributed by atoms with E-state index in [9.17, 15) is 15.0 Å². The van der Waals surface area contributed by atoms with Crippen molar-refractivity contribution < 1.29 is 34.0 Å². The maximum atomic E-state index is 12.6. The molecule has 0 aromatic heterocycles. The number of aliphatic carboxylic acids is 1. The largest absolute Gasteiger partial charge is 0.479 e. The van der Waals surface area contributed by atoms with Gasteiger partial charge in [0.15, 0.2) is 18.2 Å². The molecule has 41 heavy (non-hydrogen) atoms. The van der Waals surface area contributed by atoms with Crippen LogP contribution in [0, 0.1) is 11.8 Å². The van der Waals surface area contributed by atoms with Gasteiger partial charge in [0.2, 0.25) is 0 Å². The molecule has 3 rings (SSSR count). The van der Waals surface area contributed by atoms with Gasteiger partial charge in [0.05, 0.1) is 6.10 Å². The Bertz CT molecular complexity index is 836. The van der Waals surface area contributed by atoms with Gasteiger partial charge >= 0.3 is 5.97 Å². The molecule has 7 nitrogen and oxygen atoms in total. The zero-order chi connectivity index (χ0) is 29.5. The van der Waals surface area contributed by atoms with E-state index in [-0.39, 0.29) is 12.0 Å². The molecule has 1 aliphatic carbocycles. The summed E-state index contributed by atoms with van der Waals surface area (Å²) >= 11 is 0. The predicted molar refractivity (Wildman–Crippen MR) is 161 cm³/mol. The molecule has 2 N–H and O–H groups in total. The van der Waals surface area contributed by atoms with Gasteiger partial charge in [-0.1, -0.05) is 42.4 Å². The van der Waals surface area contributed by atoms with Gasteiger partial charge in [0, 0.05) is 13.2 Å². The molecule has 7 heteroatoms. The van der Waals surface area contributed by atoms with E-state index < -0.39 is 30.3 Å². The van der Waals surface area contributed by atoms with Crippen LogP contribution < -0.4 is 0 Å². The van der Waals surface area contributed by atoms with Crippen molar-refractivity contribution in [1.29, 1.82) is 0 Å². The first-order valence-electron chi connectivity index (χ1n) is 16.2. The van der Waals surface area contributed by atoms with Gasteiger partial charge in [-0.15, -0.1) is 0 Å². The Morgan fingerprint density at radius 2 is 1.63 bits per heavy atom. The smallest absolute Gasteiger partial charge is 0.338 e. The summed E-state index contributed by atoms with van der Waals surface area (Å²) in [5.74, 6) is -0.507. The Labute approximate surface area is 248 Å². The van der Waals surface area contributed by atoms with Gasteiger partial charge in [-0.2, -0.15) is 0 Å². The number of allylic oxidation sites excluding steroid dienone is 5. The Hall–Kier alpha value is -1.51. The van der Waals surface area contributed by atoms with E-state index in [4.69, 9.17) is 18.9 Å². The molecule has 3 aliphatic rings. The molecule has 4 unspecified atom stereocenters. The number of carbonyl (C=O) groups is 1. The maximum absolute atomic E-state index is 12.6. The van der Waals surface area contributed by atoms with Crippen LogP contribution in [0.2, 0.25) is 0 Å². The Morgan fingerprint density at radius 1 is 0.927 bits per heavy atom. The van der Waals surface area contributed by atoms with E-state index in [1.165, 1.54) is 31.3 Å². The lowest BCUT2D eigenvalue weighted by Crippen LogP contribution is -2.54. The highest BCUT2D eigenvalue weighted by Crippen LogP contribution is 2.36. The minimum absolute atomic E-state index is 0.180. The van der Waals surface area contributed by atoms with Crippen molar-refractivity contribution in [2.75, 3.05) is 13.2 Å². The van der Waals surface area contributed by atoms with E-state index in [1.54, 1.807) is 6.92 Å². The summed E-state index contributed by atoms with van der Waals surface area (Å²) in [4.78, 5) is 12.6. The molecular formula is C34H56O7. The second kappa shape index (κ2) is 18.2. The van der Waals surface area contributed by atoms with E-state index in [2.05, 4.69) is 38.2 Å². The number of ether oxygens (including phenoxy) is 4. The summed E-state index contributed by atoms with van der Waals surface area (Å²) in [5.41, 5.74) is -0.180. The minimum Gasteiger partial charge on any atom is -0.479 e. The predicted octanol–water partition coefficient (Wildman–Crippen LogP) is 7.48.